The molecule has 0 unspecified atom stereocenters. The quantitative estimate of drug-likeness (QED) is 0.808. The molecule has 0 aliphatic carbocycles. The fourth-order valence-electron chi connectivity index (χ4n) is 1.32. The third kappa shape index (κ3) is 3.58. The van der Waals surface area contributed by atoms with Crippen molar-refractivity contribution in [1.29, 1.82) is 0 Å². The van der Waals surface area contributed by atoms with Gasteiger partial charge in [0.05, 0.1) is 0 Å². The summed E-state index contributed by atoms with van der Waals surface area (Å²) < 4.78 is 12.2. The van der Waals surface area contributed by atoms with Crippen LogP contribution in [0.2, 0.25) is 0 Å². The van der Waals surface area contributed by atoms with E-state index < -0.39 is 12.6 Å². The molecule has 0 heterocycles. The van der Waals surface area contributed by atoms with Crippen molar-refractivity contribution in [3.8, 4) is 0 Å². The summed E-state index contributed by atoms with van der Waals surface area (Å²) in [5, 5.41) is 8.66. The van der Waals surface area contributed by atoms with E-state index in [0.717, 1.165) is 11.3 Å². The van der Waals surface area contributed by atoms with E-state index in [4.69, 9.17) is 5.11 Å². The van der Waals surface area contributed by atoms with Gasteiger partial charge in [0.1, 0.15) is 13.2 Å². The lowest BCUT2D eigenvalue weighted by Crippen LogP contribution is -2.31. The topological polar surface area (TPSA) is 40.5 Å². The fourth-order valence-corrected chi connectivity index (χ4v) is 1.32. The summed E-state index contributed by atoms with van der Waals surface area (Å²) in [5.74, 6) is -0.955. The van der Waals surface area contributed by atoms with E-state index in [1.807, 2.05) is 19.1 Å². The van der Waals surface area contributed by atoms with Crippen LogP contribution in [0, 0.1) is 6.92 Å². The minimum Gasteiger partial charge on any atom is -0.480 e. The lowest BCUT2D eigenvalue weighted by atomic mass is 10.2. The molecule has 4 heteroatoms. The average Bonchev–Trinajstić information content (AvgIpc) is 2.17. The molecule has 0 radical (unpaired) electrons. The molecule has 82 valence electrons. The number of nitrogens with zero attached hydrogens (tertiary/aromatic N) is 1. The first-order valence-corrected chi connectivity index (χ1v) is 4.73. The molecular formula is C11H14FNO2. The highest BCUT2D eigenvalue weighted by Crippen LogP contribution is 2.14. The molecule has 0 saturated heterocycles. The van der Waals surface area contributed by atoms with Gasteiger partial charge in [-0.2, -0.15) is 0 Å². The molecular weight excluding hydrogens is 197 g/mol. The van der Waals surface area contributed by atoms with Gasteiger partial charge in [0, 0.05) is 12.2 Å². The number of hydrogen-bond donors (Lipinski definition) is 1. The van der Waals surface area contributed by atoms with Gasteiger partial charge < -0.3 is 10.0 Å². The van der Waals surface area contributed by atoms with Crippen LogP contribution in [0.4, 0.5) is 10.1 Å². The summed E-state index contributed by atoms with van der Waals surface area (Å²) in [7, 11) is 0. The second kappa shape index (κ2) is 5.34. The number of anilines is 1. The lowest BCUT2D eigenvalue weighted by molar-refractivity contribution is -0.135. The third-order valence-electron chi connectivity index (χ3n) is 2.08. The molecule has 1 N–H and O–H groups in total. The van der Waals surface area contributed by atoms with Gasteiger partial charge in [-0.15, -0.1) is 0 Å². The zero-order valence-corrected chi connectivity index (χ0v) is 8.61. The van der Waals surface area contributed by atoms with Crippen LogP contribution < -0.4 is 4.90 Å². The lowest BCUT2D eigenvalue weighted by Gasteiger charge is -2.21. The Hall–Kier alpha value is -1.58. The largest absolute Gasteiger partial charge is 0.480 e. The molecule has 3 nitrogen and oxygen atoms in total. The van der Waals surface area contributed by atoms with Crippen molar-refractivity contribution in [3.63, 3.8) is 0 Å². The minimum absolute atomic E-state index is 0.107. The summed E-state index contributed by atoms with van der Waals surface area (Å²) in [4.78, 5) is 12.1. The Kier molecular flexibility index (Phi) is 4.09. The van der Waals surface area contributed by atoms with Crippen LogP contribution in [-0.2, 0) is 4.79 Å². The number of aryl methyl sites for hydroxylation is 1. The van der Waals surface area contributed by atoms with Crippen molar-refractivity contribution in [2.45, 2.75) is 6.92 Å². The number of rotatable bonds is 5. The predicted octanol–water partition coefficient (Wildman–Crippen LogP) is 1.86. The Morgan fingerprint density at radius 1 is 1.40 bits per heavy atom. The molecule has 0 spiro atoms. The summed E-state index contributed by atoms with van der Waals surface area (Å²) in [6.45, 7) is 1.32. The monoisotopic (exact) mass is 211 g/mol. The maximum absolute atomic E-state index is 12.2. The first-order chi connectivity index (χ1) is 7.13. The first-order valence-electron chi connectivity index (χ1n) is 4.73. The van der Waals surface area contributed by atoms with Crippen LogP contribution in [0.25, 0.3) is 0 Å². The van der Waals surface area contributed by atoms with E-state index in [2.05, 4.69) is 0 Å². The van der Waals surface area contributed by atoms with E-state index in [1.54, 1.807) is 12.1 Å². The Morgan fingerprint density at radius 2 is 2.00 bits per heavy atom. The van der Waals surface area contributed by atoms with Gasteiger partial charge in [0.15, 0.2) is 0 Å². The van der Waals surface area contributed by atoms with Crippen molar-refractivity contribution in [2.24, 2.45) is 0 Å². The van der Waals surface area contributed by atoms with E-state index >= 15 is 0 Å². The molecule has 0 bridgehead atoms. The molecule has 1 aromatic rings. The minimum atomic E-state index is -0.955. The van der Waals surface area contributed by atoms with Crippen LogP contribution in [0.3, 0.4) is 0 Å². The number of halogens is 1. The van der Waals surface area contributed by atoms with Crippen molar-refractivity contribution < 1.29 is 14.3 Å². The summed E-state index contributed by atoms with van der Waals surface area (Å²) in [5.41, 5.74) is 1.83. The molecule has 0 aromatic heterocycles. The summed E-state index contributed by atoms with van der Waals surface area (Å²) in [6, 6.07) is 7.35. The maximum atomic E-state index is 12.2. The maximum Gasteiger partial charge on any atom is 0.323 e. The second-order valence-electron chi connectivity index (χ2n) is 3.34. The number of hydrogen-bond acceptors (Lipinski definition) is 2. The summed E-state index contributed by atoms with van der Waals surface area (Å²) in [6.07, 6.45) is 0. The number of benzene rings is 1. The number of alkyl halides is 1. The Balaban J connectivity index is 2.78. The van der Waals surface area contributed by atoms with Gasteiger partial charge in [0.25, 0.3) is 0 Å². The third-order valence-corrected chi connectivity index (χ3v) is 2.08. The van der Waals surface area contributed by atoms with Gasteiger partial charge in [-0.1, -0.05) is 17.7 Å². The van der Waals surface area contributed by atoms with Crippen LogP contribution in [0.1, 0.15) is 5.56 Å². The number of carbonyl (C=O) groups is 1. The number of aliphatic carboxylic acids is 1. The Labute approximate surface area is 88.1 Å². The molecule has 1 aromatic carbocycles. The molecule has 0 aliphatic heterocycles. The SMILES string of the molecule is Cc1ccc(N(CCF)CC(=O)O)cc1. The van der Waals surface area contributed by atoms with Crippen LogP contribution in [0.15, 0.2) is 24.3 Å². The number of carboxylic acid groups (broad SMARTS) is 1. The van der Waals surface area contributed by atoms with Gasteiger partial charge in [-0.25, -0.2) is 4.39 Å². The Bertz CT molecular complexity index is 324. The fraction of sp³-hybridized carbons (Fsp3) is 0.364. The summed E-state index contributed by atoms with van der Waals surface area (Å²) >= 11 is 0. The second-order valence-corrected chi connectivity index (χ2v) is 3.34. The van der Waals surface area contributed by atoms with E-state index in [0.29, 0.717) is 0 Å². The van der Waals surface area contributed by atoms with Gasteiger partial charge in [-0.05, 0) is 19.1 Å². The van der Waals surface area contributed by atoms with Gasteiger partial charge in [-0.3, -0.25) is 4.79 Å². The van der Waals surface area contributed by atoms with E-state index in [-0.39, 0.29) is 13.1 Å². The highest BCUT2D eigenvalue weighted by molar-refractivity contribution is 5.73. The van der Waals surface area contributed by atoms with Crippen molar-refractivity contribution >= 4 is 11.7 Å². The highest BCUT2D eigenvalue weighted by Gasteiger charge is 2.09. The first kappa shape index (κ1) is 11.5. The molecule has 1 rings (SSSR count). The van der Waals surface area contributed by atoms with Crippen LogP contribution in [-0.4, -0.2) is 30.8 Å². The zero-order chi connectivity index (χ0) is 11.3. The Morgan fingerprint density at radius 3 is 2.47 bits per heavy atom. The zero-order valence-electron chi connectivity index (χ0n) is 8.61. The number of carboxylic acids is 1. The molecule has 15 heavy (non-hydrogen) atoms. The predicted molar refractivity (Wildman–Crippen MR) is 57.0 cm³/mol. The molecule has 0 atom stereocenters. The van der Waals surface area contributed by atoms with Crippen LogP contribution >= 0.6 is 0 Å². The molecule has 0 amide bonds. The van der Waals surface area contributed by atoms with Crippen LogP contribution in [0.5, 0.6) is 0 Å². The molecule has 0 saturated carbocycles. The van der Waals surface area contributed by atoms with E-state index in [1.165, 1.54) is 4.90 Å². The van der Waals surface area contributed by atoms with Gasteiger partial charge in [0.2, 0.25) is 0 Å². The smallest absolute Gasteiger partial charge is 0.323 e. The average molecular weight is 211 g/mol. The molecule has 0 fully saturated rings. The van der Waals surface area contributed by atoms with Crippen molar-refractivity contribution in [3.05, 3.63) is 29.8 Å². The van der Waals surface area contributed by atoms with Crippen molar-refractivity contribution in [2.75, 3.05) is 24.7 Å². The van der Waals surface area contributed by atoms with Gasteiger partial charge >= 0.3 is 5.97 Å². The molecule has 0 aliphatic rings. The standard InChI is InChI=1S/C11H14FNO2/c1-9-2-4-10(5-3-9)13(7-6-12)8-11(14)15/h2-5H,6-8H2,1H3,(H,14,15). The van der Waals surface area contributed by atoms with E-state index in [9.17, 15) is 9.18 Å². The normalized spacial score (nSPS) is 10.0. The highest BCUT2D eigenvalue weighted by atomic mass is 19.1. The van der Waals surface area contributed by atoms with Crippen molar-refractivity contribution in [1.82, 2.24) is 0 Å².